The molecule has 0 radical (unpaired) electrons. The summed E-state index contributed by atoms with van der Waals surface area (Å²) in [5.74, 6) is 1.69. The van der Waals surface area contributed by atoms with Gasteiger partial charge < -0.3 is 10.2 Å². The molecule has 1 aromatic heterocycles. The Kier molecular flexibility index (Phi) is 4.97. The van der Waals surface area contributed by atoms with Crippen LogP contribution < -0.4 is 5.32 Å². The number of nitrogens with one attached hydrogen (secondary N) is 1. The summed E-state index contributed by atoms with van der Waals surface area (Å²) in [6, 6.07) is 8.74. The summed E-state index contributed by atoms with van der Waals surface area (Å²) >= 11 is 0. The second-order valence-corrected chi connectivity index (χ2v) is 7.62. The highest BCUT2D eigenvalue weighted by molar-refractivity contribution is 5.40. The van der Waals surface area contributed by atoms with Gasteiger partial charge in [-0.05, 0) is 61.1 Å². The monoisotopic (exact) mass is 340 g/mol. The largest absolute Gasteiger partial charge is 0.350 e. The molecule has 1 saturated heterocycles. The molecule has 2 heterocycles. The van der Waals surface area contributed by atoms with Gasteiger partial charge in [0.15, 0.2) is 0 Å². The maximum atomic E-state index is 4.19. The predicted octanol–water partition coefficient (Wildman–Crippen LogP) is 3.04. The molecule has 1 aliphatic heterocycles. The van der Waals surface area contributed by atoms with Crippen LogP contribution in [-0.2, 0) is 0 Å². The predicted molar refractivity (Wildman–Crippen MR) is 98.9 cm³/mol. The Morgan fingerprint density at radius 3 is 2.48 bits per heavy atom. The van der Waals surface area contributed by atoms with Crippen molar-refractivity contribution in [2.45, 2.75) is 51.5 Å². The number of aryl methyl sites for hydroxylation is 1. The van der Waals surface area contributed by atoms with Gasteiger partial charge in [-0.3, -0.25) is 0 Å². The molecule has 2 aromatic rings. The highest BCUT2D eigenvalue weighted by Gasteiger charge is 2.24. The quantitative estimate of drug-likeness (QED) is 0.906. The lowest BCUT2D eigenvalue weighted by Gasteiger charge is -2.33. The number of nitrogens with zero attached hydrogens (tertiary/aromatic N) is 5. The number of likely N-dealkylation sites (tertiary alicyclic amines) is 1. The maximum absolute atomic E-state index is 4.19. The van der Waals surface area contributed by atoms with Crippen molar-refractivity contribution in [3.8, 4) is 5.69 Å². The van der Waals surface area contributed by atoms with E-state index in [4.69, 9.17) is 0 Å². The van der Waals surface area contributed by atoms with Gasteiger partial charge in [-0.15, -0.1) is 0 Å². The Bertz CT molecular complexity index is 665. The van der Waals surface area contributed by atoms with Gasteiger partial charge in [0.2, 0.25) is 5.95 Å². The Labute approximate surface area is 149 Å². The highest BCUT2D eigenvalue weighted by atomic mass is 15.6. The zero-order valence-electron chi connectivity index (χ0n) is 15.1. The molecular weight excluding hydrogens is 312 g/mol. The van der Waals surface area contributed by atoms with Gasteiger partial charge in [0.1, 0.15) is 0 Å². The molecule has 1 N–H and O–H groups in total. The lowest BCUT2D eigenvalue weighted by molar-refractivity contribution is 0.189. The average molecular weight is 340 g/mol. The third-order valence-corrected chi connectivity index (χ3v) is 5.66. The molecule has 2 aliphatic rings. The average Bonchev–Trinajstić information content (AvgIpc) is 3.29. The van der Waals surface area contributed by atoms with E-state index in [9.17, 15) is 0 Å². The molecular formula is C19H28N6. The molecule has 1 saturated carbocycles. The first kappa shape index (κ1) is 16.5. The lowest BCUT2D eigenvalue weighted by atomic mass is 10.0. The summed E-state index contributed by atoms with van der Waals surface area (Å²) in [6.45, 7) is 5.75. The first-order valence-corrected chi connectivity index (χ1v) is 9.62. The fourth-order valence-electron chi connectivity index (χ4n) is 4.14. The second-order valence-electron chi connectivity index (χ2n) is 7.62. The van der Waals surface area contributed by atoms with Gasteiger partial charge >= 0.3 is 0 Å². The molecule has 6 nitrogen and oxygen atoms in total. The van der Waals surface area contributed by atoms with E-state index in [1.807, 2.05) is 0 Å². The number of tetrazole rings is 1. The van der Waals surface area contributed by atoms with Crippen molar-refractivity contribution < 1.29 is 0 Å². The van der Waals surface area contributed by atoms with Gasteiger partial charge in [-0.2, -0.15) is 4.68 Å². The number of benzene rings is 1. The molecule has 134 valence electrons. The van der Waals surface area contributed by atoms with Crippen LogP contribution >= 0.6 is 0 Å². The first-order valence-electron chi connectivity index (χ1n) is 9.62. The van der Waals surface area contributed by atoms with E-state index in [2.05, 4.69) is 56.9 Å². The van der Waals surface area contributed by atoms with Crippen LogP contribution in [0.15, 0.2) is 24.3 Å². The second kappa shape index (κ2) is 7.52. The van der Waals surface area contributed by atoms with Crippen LogP contribution in [0.25, 0.3) is 5.69 Å². The van der Waals surface area contributed by atoms with E-state index in [0.717, 1.165) is 30.4 Å². The van der Waals surface area contributed by atoms with Crippen molar-refractivity contribution in [3.05, 3.63) is 29.8 Å². The molecule has 0 unspecified atom stereocenters. The Morgan fingerprint density at radius 2 is 1.76 bits per heavy atom. The van der Waals surface area contributed by atoms with Crippen LogP contribution in [0.3, 0.4) is 0 Å². The highest BCUT2D eigenvalue weighted by Crippen LogP contribution is 2.27. The van der Waals surface area contributed by atoms with E-state index in [1.54, 1.807) is 4.68 Å². The molecule has 4 rings (SSSR count). The zero-order valence-corrected chi connectivity index (χ0v) is 15.1. The Hall–Kier alpha value is -1.95. The van der Waals surface area contributed by atoms with Crippen molar-refractivity contribution in [2.75, 3.05) is 25.0 Å². The van der Waals surface area contributed by atoms with Crippen LogP contribution in [-0.4, -0.2) is 50.8 Å². The normalized spacial score (nSPS) is 20.2. The van der Waals surface area contributed by atoms with E-state index in [-0.39, 0.29) is 0 Å². The maximum Gasteiger partial charge on any atom is 0.247 e. The number of piperidine rings is 1. The molecule has 1 aliphatic carbocycles. The summed E-state index contributed by atoms with van der Waals surface area (Å²) < 4.78 is 1.80. The number of anilines is 1. The fourth-order valence-corrected chi connectivity index (χ4v) is 4.14. The van der Waals surface area contributed by atoms with Crippen molar-refractivity contribution >= 4 is 5.95 Å². The molecule has 0 spiro atoms. The first-order chi connectivity index (χ1) is 12.3. The van der Waals surface area contributed by atoms with Gasteiger partial charge in [0, 0.05) is 25.7 Å². The molecule has 6 heteroatoms. The van der Waals surface area contributed by atoms with E-state index < -0.39 is 0 Å². The third-order valence-electron chi connectivity index (χ3n) is 5.66. The van der Waals surface area contributed by atoms with Crippen molar-refractivity contribution in [1.29, 1.82) is 0 Å². The molecule has 25 heavy (non-hydrogen) atoms. The summed E-state index contributed by atoms with van der Waals surface area (Å²) in [5, 5.41) is 15.8. The molecule has 0 atom stereocenters. The van der Waals surface area contributed by atoms with Crippen LogP contribution in [0.2, 0.25) is 0 Å². The van der Waals surface area contributed by atoms with Crippen LogP contribution in [0.1, 0.15) is 44.1 Å². The SMILES string of the molecule is Cc1ccc(-n2nnnc2NC2CCN(CC3CCCC3)CC2)cc1. The lowest BCUT2D eigenvalue weighted by Crippen LogP contribution is -2.41. The minimum Gasteiger partial charge on any atom is -0.350 e. The topological polar surface area (TPSA) is 58.9 Å². The fraction of sp³-hybridized carbons (Fsp3) is 0.632. The van der Waals surface area contributed by atoms with Crippen molar-refractivity contribution in [3.63, 3.8) is 0 Å². The van der Waals surface area contributed by atoms with Gasteiger partial charge in [0.25, 0.3) is 0 Å². The smallest absolute Gasteiger partial charge is 0.247 e. The standard InChI is InChI=1S/C19H28N6/c1-15-6-8-18(9-7-15)25-19(21-22-23-25)20-17-10-12-24(13-11-17)14-16-4-2-3-5-16/h6-9,16-17H,2-5,10-14H2,1H3,(H,20,21,23). The minimum absolute atomic E-state index is 0.454. The van der Waals surface area contributed by atoms with Gasteiger partial charge in [-0.1, -0.05) is 35.6 Å². The Balaban J connectivity index is 1.33. The van der Waals surface area contributed by atoms with Crippen molar-refractivity contribution in [2.24, 2.45) is 5.92 Å². The van der Waals surface area contributed by atoms with Crippen LogP contribution in [0.5, 0.6) is 0 Å². The third kappa shape index (κ3) is 4.00. The number of hydrogen-bond donors (Lipinski definition) is 1. The molecule has 0 amide bonds. The summed E-state index contributed by atoms with van der Waals surface area (Å²) in [5.41, 5.74) is 2.23. The molecule has 0 bridgehead atoms. The van der Waals surface area contributed by atoms with Crippen LogP contribution in [0, 0.1) is 12.8 Å². The van der Waals surface area contributed by atoms with Gasteiger partial charge in [0.05, 0.1) is 5.69 Å². The summed E-state index contributed by atoms with van der Waals surface area (Å²) in [6.07, 6.45) is 8.06. The number of aromatic nitrogens is 4. The van der Waals surface area contributed by atoms with Gasteiger partial charge in [-0.25, -0.2) is 0 Å². The Morgan fingerprint density at radius 1 is 1.04 bits per heavy atom. The molecule has 2 fully saturated rings. The summed E-state index contributed by atoms with van der Waals surface area (Å²) in [4.78, 5) is 2.65. The van der Waals surface area contributed by atoms with E-state index in [1.165, 1.54) is 50.9 Å². The molecule has 1 aromatic carbocycles. The van der Waals surface area contributed by atoms with Crippen LogP contribution in [0.4, 0.5) is 5.95 Å². The number of rotatable bonds is 5. The summed E-state index contributed by atoms with van der Waals surface area (Å²) in [7, 11) is 0. The number of hydrogen-bond acceptors (Lipinski definition) is 5. The zero-order chi connectivity index (χ0) is 17.1. The minimum atomic E-state index is 0.454. The van der Waals surface area contributed by atoms with E-state index in [0.29, 0.717) is 6.04 Å². The van der Waals surface area contributed by atoms with E-state index >= 15 is 0 Å². The van der Waals surface area contributed by atoms with Crippen molar-refractivity contribution in [1.82, 2.24) is 25.1 Å².